The van der Waals surface area contributed by atoms with Crippen LogP contribution in [0.25, 0.3) is 11.2 Å². The Morgan fingerprint density at radius 1 is 1.21 bits per heavy atom. The zero-order valence-electron chi connectivity index (χ0n) is 18.4. The Balaban J connectivity index is 1.64. The predicted octanol–water partition coefficient (Wildman–Crippen LogP) is 1.31. The van der Waals surface area contributed by atoms with Crippen LogP contribution in [0.4, 0.5) is 5.95 Å². The summed E-state index contributed by atoms with van der Waals surface area (Å²) in [4.78, 5) is 36.2. The Labute approximate surface area is 199 Å². The average Bonchev–Trinajstić information content (AvgIpc) is 3.16. The number of nitrogens with one attached hydrogen (secondary N) is 1. The number of likely N-dealkylation sites (N-methyl/N-ethyl adjacent to an activating group) is 1. The smallest absolute Gasteiger partial charge is 0.329 e. The number of aromatic nitrogens is 4. The number of ether oxygens (including phenoxy) is 1. The second kappa shape index (κ2) is 9.76. The van der Waals surface area contributed by atoms with Crippen molar-refractivity contribution in [2.45, 2.75) is 19.6 Å². The van der Waals surface area contributed by atoms with Crippen molar-refractivity contribution in [1.82, 2.24) is 24.0 Å². The number of fused-ring (bicyclic) bond motifs is 1. The van der Waals surface area contributed by atoms with E-state index in [1.54, 1.807) is 29.8 Å². The number of aryl methyl sites for hydroxylation is 1. The van der Waals surface area contributed by atoms with Crippen molar-refractivity contribution in [2.75, 3.05) is 44.2 Å². The summed E-state index contributed by atoms with van der Waals surface area (Å²) in [5.41, 5.74) is -0.590. The summed E-state index contributed by atoms with van der Waals surface area (Å²) in [7, 11) is 1.55. The van der Waals surface area contributed by atoms with Crippen molar-refractivity contribution in [3.05, 3.63) is 49.1 Å². The van der Waals surface area contributed by atoms with Crippen molar-refractivity contribution in [2.24, 2.45) is 7.05 Å². The molecule has 4 rings (SSSR count). The standard InChI is InChI=1S/C21H26Cl2N6O4/c1-3-27-6-8-28(9-7-27)20-24-18-17(19(31)25-21(32)26(18)2)29(20)11-14(30)12-33-16-5-4-13(22)10-15(16)23/h4-5,10,14,30H,3,6-9,11-12H2,1-2H3,(H,25,31,32). The number of aliphatic hydroxyl groups is 1. The molecule has 0 saturated carbocycles. The molecule has 33 heavy (non-hydrogen) atoms. The second-order valence-electron chi connectivity index (χ2n) is 7.97. The molecule has 0 aliphatic carbocycles. The summed E-state index contributed by atoms with van der Waals surface area (Å²) in [6.45, 7) is 6.21. The number of rotatable bonds is 7. The maximum atomic E-state index is 12.7. The van der Waals surface area contributed by atoms with Gasteiger partial charge in [-0.1, -0.05) is 30.1 Å². The van der Waals surface area contributed by atoms with Gasteiger partial charge < -0.3 is 24.2 Å². The highest BCUT2D eigenvalue weighted by molar-refractivity contribution is 6.35. The van der Waals surface area contributed by atoms with Gasteiger partial charge in [0.1, 0.15) is 18.5 Å². The van der Waals surface area contributed by atoms with E-state index in [0.29, 0.717) is 21.7 Å². The molecule has 3 aromatic rings. The molecule has 1 fully saturated rings. The molecule has 1 atom stereocenters. The highest BCUT2D eigenvalue weighted by Crippen LogP contribution is 2.28. The van der Waals surface area contributed by atoms with Crippen molar-refractivity contribution in [1.29, 1.82) is 0 Å². The Morgan fingerprint density at radius 2 is 1.94 bits per heavy atom. The van der Waals surface area contributed by atoms with Crippen LogP contribution >= 0.6 is 23.2 Å². The molecule has 1 aromatic carbocycles. The molecule has 2 aromatic heterocycles. The first-order chi connectivity index (χ1) is 15.8. The minimum Gasteiger partial charge on any atom is -0.489 e. The molecular formula is C21H26Cl2N6O4. The summed E-state index contributed by atoms with van der Waals surface area (Å²) in [5.74, 6) is 0.933. The van der Waals surface area contributed by atoms with Crippen LogP contribution in [0.5, 0.6) is 5.75 Å². The van der Waals surface area contributed by atoms with E-state index < -0.39 is 17.4 Å². The van der Waals surface area contributed by atoms with Gasteiger partial charge in [0.15, 0.2) is 11.2 Å². The van der Waals surface area contributed by atoms with E-state index >= 15 is 0 Å². The molecule has 1 aliphatic rings. The zero-order valence-corrected chi connectivity index (χ0v) is 19.9. The average molecular weight is 497 g/mol. The van der Waals surface area contributed by atoms with E-state index in [4.69, 9.17) is 27.9 Å². The summed E-state index contributed by atoms with van der Waals surface area (Å²) in [6.07, 6.45) is -0.971. The first-order valence-electron chi connectivity index (χ1n) is 10.7. The van der Waals surface area contributed by atoms with Crippen LogP contribution in [0, 0.1) is 0 Å². The fraction of sp³-hybridized carbons (Fsp3) is 0.476. The van der Waals surface area contributed by atoms with Crippen LogP contribution in [0.1, 0.15) is 6.92 Å². The number of aromatic amines is 1. The lowest BCUT2D eigenvalue weighted by atomic mass is 10.3. The van der Waals surface area contributed by atoms with Crippen LogP contribution in [-0.4, -0.2) is 74.5 Å². The molecular weight excluding hydrogens is 471 g/mol. The van der Waals surface area contributed by atoms with E-state index in [9.17, 15) is 14.7 Å². The number of aliphatic hydroxyl groups excluding tert-OH is 1. The number of piperazine rings is 1. The molecule has 0 radical (unpaired) electrons. The highest BCUT2D eigenvalue weighted by Gasteiger charge is 2.26. The molecule has 1 unspecified atom stereocenters. The number of H-pyrrole nitrogens is 1. The van der Waals surface area contributed by atoms with Gasteiger partial charge in [0.05, 0.1) is 11.6 Å². The number of hydrogen-bond acceptors (Lipinski definition) is 7. The lowest BCUT2D eigenvalue weighted by molar-refractivity contribution is 0.0936. The van der Waals surface area contributed by atoms with Gasteiger partial charge in [0, 0.05) is 38.2 Å². The third-order valence-electron chi connectivity index (χ3n) is 5.81. The Kier molecular flexibility index (Phi) is 6.99. The molecule has 1 aliphatic heterocycles. The van der Waals surface area contributed by atoms with Gasteiger partial charge in [0.2, 0.25) is 5.95 Å². The largest absolute Gasteiger partial charge is 0.489 e. The fourth-order valence-corrected chi connectivity index (χ4v) is 4.41. The predicted molar refractivity (Wildman–Crippen MR) is 128 cm³/mol. The van der Waals surface area contributed by atoms with Crippen molar-refractivity contribution < 1.29 is 9.84 Å². The molecule has 2 N–H and O–H groups in total. The van der Waals surface area contributed by atoms with Gasteiger partial charge in [-0.15, -0.1) is 0 Å². The van der Waals surface area contributed by atoms with Crippen LogP contribution in [-0.2, 0) is 13.6 Å². The summed E-state index contributed by atoms with van der Waals surface area (Å²) in [5, 5.41) is 11.6. The van der Waals surface area contributed by atoms with Gasteiger partial charge in [-0.3, -0.25) is 14.3 Å². The normalized spacial score (nSPS) is 15.8. The molecule has 0 spiro atoms. The van der Waals surface area contributed by atoms with Gasteiger partial charge in [-0.25, -0.2) is 4.79 Å². The van der Waals surface area contributed by atoms with Crippen molar-refractivity contribution in [3.8, 4) is 5.75 Å². The summed E-state index contributed by atoms with van der Waals surface area (Å²) in [6, 6.07) is 4.83. The maximum Gasteiger partial charge on any atom is 0.329 e. The van der Waals surface area contributed by atoms with E-state index in [1.807, 2.05) is 0 Å². The number of halogens is 2. The van der Waals surface area contributed by atoms with Crippen LogP contribution in [0.2, 0.25) is 10.0 Å². The van der Waals surface area contributed by atoms with Gasteiger partial charge in [-0.05, 0) is 24.7 Å². The molecule has 0 bridgehead atoms. The molecule has 0 amide bonds. The lowest BCUT2D eigenvalue weighted by Gasteiger charge is -2.35. The zero-order chi connectivity index (χ0) is 23.7. The molecule has 3 heterocycles. The van der Waals surface area contributed by atoms with Gasteiger partial charge in [-0.2, -0.15) is 4.98 Å². The first kappa shape index (κ1) is 23.6. The Hall–Kier alpha value is -2.53. The quantitative estimate of drug-likeness (QED) is 0.507. The molecule has 10 nitrogen and oxygen atoms in total. The monoisotopic (exact) mass is 496 g/mol. The molecule has 12 heteroatoms. The van der Waals surface area contributed by atoms with E-state index in [2.05, 4.69) is 26.7 Å². The number of benzene rings is 1. The number of imidazole rings is 1. The lowest BCUT2D eigenvalue weighted by Crippen LogP contribution is -2.47. The van der Waals surface area contributed by atoms with Crippen LogP contribution < -0.4 is 20.9 Å². The molecule has 178 valence electrons. The van der Waals surface area contributed by atoms with E-state index in [0.717, 1.165) is 32.7 Å². The van der Waals surface area contributed by atoms with Crippen molar-refractivity contribution in [3.63, 3.8) is 0 Å². The maximum absolute atomic E-state index is 12.7. The van der Waals surface area contributed by atoms with E-state index in [-0.39, 0.29) is 24.3 Å². The van der Waals surface area contributed by atoms with Crippen LogP contribution in [0.3, 0.4) is 0 Å². The van der Waals surface area contributed by atoms with Gasteiger partial charge in [0.25, 0.3) is 5.56 Å². The fourth-order valence-electron chi connectivity index (χ4n) is 3.94. The number of hydrogen-bond donors (Lipinski definition) is 2. The molecule has 1 saturated heterocycles. The summed E-state index contributed by atoms with van der Waals surface area (Å²) < 4.78 is 8.63. The Morgan fingerprint density at radius 3 is 2.61 bits per heavy atom. The SMILES string of the molecule is CCN1CCN(c2nc3c(c(=O)[nH]c(=O)n3C)n2CC(O)COc2ccc(Cl)cc2Cl)CC1. The topological polar surface area (TPSA) is 109 Å². The minimum absolute atomic E-state index is 0.0479. The third kappa shape index (κ3) is 4.89. The number of nitrogens with zero attached hydrogens (tertiary/aromatic N) is 5. The summed E-state index contributed by atoms with van der Waals surface area (Å²) >= 11 is 12.1. The van der Waals surface area contributed by atoms with E-state index in [1.165, 1.54) is 4.57 Å². The Bertz CT molecular complexity index is 1260. The van der Waals surface area contributed by atoms with Crippen LogP contribution in [0.15, 0.2) is 27.8 Å². The highest BCUT2D eigenvalue weighted by atomic mass is 35.5. The second-order valence-corrected chi connectivity index (χ2v) is 8.82. The van der Waals surface area contributed by atoms with Crippen molar-refractivity contribution >= 4 is 40.3 Å². The van der Waals surface area contributed by atoms with Gasteiger partial charge >= 0.3 is 5.69 Å². The minimum atomic E-state index is -0.971. The third-order valence-corrected chi connectivity index (χ3v) is 6.34. The first-order valence-corrected chi connectivity index (χ1v) is 11.5. The number of anilines is 1.